The zero-order valence-corrected chi connectivity index (χ0v) is 13.4. The second-order valence-corrected chi connectivity index (χ2v) is 6.49. The molecule has 2 rings (SSSR count). The summed E-state index contributed by atoms with van der Waals surface area (Å²) in [6.07, 6.45) is 0.523. The zero-order valence-electron chi connectivity index (χ0n) is 11.8. The van der Waals surface area contributed by atoms with Gasteiger partial charge in [-0.1, -0.05) is 28.1 Å². The Labute approximate surface area is 124 Å². The van der Waals surface area contributed by atoms with Crippen LogP contribution in [0.4, 0.5) is 0 Å². The lowest BCUT2D eigenvalue weighted by atomic mass is 9.97. The molecule has 0 aromatic heterocycles. The number of nitrogens with two attached hydrogens (primary N) is 1. The van der Waals surface area contributed by atoms with Gasteiger partial charge in [-0.15, -0.1) is 0 Å². The van der Waals surface area contributed by atoms with Crippen LogP contribution in [0, 0.1) is 0 Å². The van der Waals surface area contributed by atoms with Crippen molar-refractivity contribution in [1.82, 2.24) is 4.90 Å². The van der Waals surface area contributed by atoms with Crippen molar-refractivity contribution < 1.29 is 4.74 Å². The lowest BCUT2D eigenvalue weighted by molar-refractivity contribution is -0.0831. The molecule has 3 nitrogen and oxygen atoms in total. The summed E-state index contributed by atoms with van der Waals surface area (Å²) >= 11 is 3.54. The molecule has 4 atom stereocenters. The number of benzene rings is 1. The molecule has 0 saturated carbocycles. The smallest absolute Gasteiger partial charge is 0.0678 e. The number of hydrogen-bond acceptors (Lipinski definition) is 3. The molecule has 4 heteroatoms. The van der Waals surface area contributed by atoms with Crippen LogP contribution in [-0.4, -0.2) is 36.2 Å². The summed E-state index contributed by atoms with van der Waals surface area (Å²) in [6, 6.07) is 8.77. The molecular weight excluding hydrogens is 304 g/mol. The van der Waals surface area contributed by atoms with Crippen LogP contribution in [0.15, 0.2) is 28.7 Å². The Kier molecular flexibility index (Phi) is 5.01. The molecule has 0 spiro atoms. The maximum absolute atomic E-state index is 6.24. The van der Waals surface area contributed by atoms with E-state index >= 15 is 0 Å². The van der Waals surface area contributed by atoms with Crippen molar-refractivity contribution in [2.45, 2.75) is 45.1 Å². The quantitative estimate of drug-likeness (QED) is 0.928. The Morgan fingerprint density at radius 2 is 1.95 bits per heavy atom. The predicted molar refractivity (Wildman–Crippen MR) is 82.1 cm³/mol. The van der Waals surface area contributed by atoms with Gasteiger partial charge in [0, 0.05) is 29.6 Å². The third kappa shape index (κ3) is 3.78. The van der Waals surface area contributed by atoms with Crippen molar-refractivity contribution in [2.24, 2.45) is 5.73 Å². The zero-order chi connectivity index (χ0) is 14.0. The molecule has 0 amide bonds. The first kappa shape index (κ1) is 15.0. The summed E-state index contributed by atoms with van der Waals surface area (Å²) in [4.78, 5) is 2.45. The Morgan fingerprint density at radius 1 is 1.32 bits per heavy atom. The number of ether oxygens (including phenoxy) is 1. The minimum Gasteiger partial charge on any atom is -0.373 e. The SMILES string of the molecule is CC1CN(C(c2cccc(Br)c2)C(C)N)CC(C)O1. The standard InChI is InChI=1S/C15H23BrN2O/c1-10-8-18(9-11(2)19-10)15(12(3)17)13-5-4-6-14(16)7-13/h4-7,10-12,15H,8-9,17H2,1-3H3. The maximum Gasteiger partial charge on any atom is 0.0678 e. The third-order valence-corrected chi connectivity index (χ3v) is 4.02. The highest BCUT2D eigenvalue weighted by Crippen LogP contribution is 2.28. The van der Waals surface area contributed by atoms with E-state index in [1.165, 1.54) is 5.56 Å². The first-order valence-electron chi connectivity index (χ1n) is 6.88. The molecule has 1 aliphatic heterocycles. The maximum atomic E-state index is 6.24. The van der Waals surface area contributed by atoms with Gasteiger partial charge in [0.15, 0.2) is 0 Å². The van der Waals surface area contributed by atoms with Crippen LogP contribution in [-0.2, 0) is 4.74 Å². The van der Waals surface area contributed by atoms with E-state index in [4.69, 9.17) is 10.5 Å². The van der Waals surface area contributed by atoms with Gasteiger partial charge in [0.05, 0.1) is 12.2 Å². The Balaban J connectivity index is 2.25. The molecule has 1 aromatic carbocycles. The molecule has 0 radical (unpaired) electrons. The number of halogens is 1. The van der Waals surface area contributed by atoms with Crippen molar-refractivity contribution in [3.8, 4) is 0 Å². The first-order valence-corrected chi connectivity index (χ1v) is 7.67. The third-order valence-electron chi connectivity index (χ3n) is 3.53. The molecule has 1 fully saturated rings. The van der Waals surface area contributed by atoms with Gasteiger partial charge >= 0.3 is 0 Å². The van der Waals surface area contributed by atoms with Crippen LogP contribution in [0.25, 0.3) is 0 Å². The molecule has 1 saturated heterocycles. The number of rotatable bonds is 3. The average Bonchev–Trinajstić information content (AvgIpc) is 2.27. The van der Waals surface area contributed by atoms with Crippen LogP contribution in [0.3, 0.4) is 0 Å². The number of hydrogen-bond donors (Lipinski definition) is 1. The molecule has 0 aliphatic carbocycles. The van der Waals surface area contributed by atoms with Gasteiger partial charge in [-0.25, -0.2) is 0 Å². The summed E-state index contributed by atoms with van der Waals surface area (Å²) in [5, 5.41) is 0. The molecule has 19 heavy (non-hydrogen) atoms. The normalized spacial score (nSPS) is 28.1. The van der Waals surface area contributed by atoms with Gasteiger partial charge in [0.25, 0.3) is 0 Å². The fraction of sp³-hybridized carbons (Fsp3) is 0.600. The highest BCUT2D eigenvalue weighted by molar-refractivity contribution is 9.10. The summed E-state index contributed by atoms with van der Waals surface area (Å²) < 4.78 is 6.92. The number of nitrogens with zero attached hydrogens (tertiary/aromatic N) is 1. The average molecular weight is 327 g/mol. The minimum absolute atomic E-state index is 0.0896. The largest absolute Gasteiger partial charge is 0.373 e. The lowest BCUT2D eigenvalue weighted by Crippen LogP contribution is -2.50. The minimum atomic E-state index is 0.0896. The van der Waals surface area contributed by atoms with Crippen LogP contribution < -0.4 is 5.73 Å². The van der Waals surface area contributed by atoms with E-state index in [0.29, 0.717) is 0 Å². The first-order chi connectivity index (χ1) is 8.97. The molecule has 2 N–H and O–H groups in total. The van der Waals surface area contributed by atoms with Gasteiger partial charge in [0.2, 0.25) is 0 Å². The fourth-order valence-corrected chi connectivity index (χ4v) is 3.40. The van der Waals surface area contributed by atoms with Crippen molar-refractivity contribution in [3.05, 3.63) is 34.3 Å². The summed E-state index contributed by atoms with van der Waals surface area (Å²) in [5.41, 5.74) is 7.51. The van der Waals surface area contributed by atoms with Crippen molar-refractivity contribution in [1.29, 1.82) is 0 Å². The highest BCUT2D eigenvalue weighted by atomic mass is 79.9. The Hall–Kier alpha value is -0.420. The van der Waals surface area contributed by atoms with E-state index in [9.17, 15) is 0 Å². The van der Waals surface area contributed by atoms with Crippen molar-refractivity contribution in [3.63, 3.8) is 0 Å². The monoisotopic (exact) mass is 326 g/mol. The number of morpholine rings is 1. The predicted octanol–water partition coefficient (Wildman–Crippen LogP) is 2.95. The topological polar surface area (TPSA) is 38.5 Å². The summed E-state index contributed by atoms with van der Waals surface area (Å²) in [5.74, 6) is 0. The van der Waals surface area contributed by atoms with Crippen LogP contribution >= 0.6 is 15.9 Å². The van der Waals surface area contributed by atoms with Crippen molar-refractivity contribution >= 4 is 15.9 Å². The van der Waals surface area contributed by atoms with Gasteiger partial charge in [-0.3, -0.25) is 4.90 Å². The van der Waals surface area contributed by atoms with Crippen LogP contribution in [0.2, 0.25) is 0 Å². The van der Waals surface area contributed by atoms with Crippen LogP contribution in [0.1, 0.15) is 32.4 Å². The van der Waals surface area contributed by atoms with E-state index in [1.54, 1.807) is 0 Å². The van der Waals surface area contributed by atoms with Gasteiger partial charge in [-0.05, 0) is 38.5 Å². The molecule has 0 bridgehead atoms. The molecule has 4 unspecified atom stereocenters. The molecule has 1 heterocycles. The van der Waals surface area contributed by atoms with Crippen molar-refractivity contribution in [2.75, 3.05) is 13.1 Å². The highest BCUT2D eigenvalue weighted by Gasteiger charge is 2.30. The van der Waals surface area contributed by atoms with Gasteiger partial charge < -0.3 is 10.5 Å². The van der Waals surface area contributed by atoms with E-state index in [1.807, 2.05) is 6.07 Å². The fourth-order valence-electron chi connectivity index (χ4n) is 2.98. The second kappa shape index (κ2) is 6.35. The van der Waals surface area contributed by atoms with Gasteiger partial charge in [-0.2, -0.15) is 0 Å². The van der Waals surface area contributed by atoms with E-state index in [-0.39, 0.29) is 24.3 Å². The second-order valence-electron chi connectivity index (χ2n) is 5.57. The Morgan fingerprint density at radius 3 is 2.47 bits per heavy atom. The molecule has 1 aromatic rings. The van der Waals surface area contributed by atoms with E-state index in [2.05, 4.69) is 59.8 Å². The van der Waals surface area contributed by atoms with Crippen LogP contribution in [0.5, 0.6) is 0 Å². The molecular formula is C15H23BrN2O. The molecule has 106 valence electrons. The summed E-state index contributed by atoms with van der Waals surface area (Å²) in [7, 11) is 0. The van der Waals surface area contributed by atoms with Gasteiger partial charge in [0.1, 0.15) is 0 Å². The lowest BCUT2D eigenvalue weighted by Gasteiger charge is -2.42. The summed E-state index contributed by atoms with van der Waals surface area (Å²) in [6.45, 7) is 8.20. The Bertz CT molecular complexity index is 414. The van der Waals surface area contributed by atoms with E-state index in [0.717, 1.165) is 17.6 Å². The molecule has 1 aliphatic rings. The van der Waals surface area contributed by atoms with E-state index < -0.39 is 0 Å².